The summed E-state index contributed by atoms with van der Waals surface area (Å²) in [4.78, 5) is 12.0. The topological polar surface area (TPSA) is 71.3 Å². The van der Waals surface area contributed by atoms with Gasteiger partial charge in [-0.05, 0) is 52.5 Å². The average molecular weight is 363 g/mol. The number of nitrogens with one attached hydrogen (secondary N) is 1. The molecular formula is C16H15BrN2O3. The Balaban J connectivity index is 1.88. The van der Waals surface area contributed by atoms with Gasteiger partial charge in [0, 0.05) is 12.5 Å². The highest BCUT2D eigenvalue weighted by Crippen LogP contribution is 2.38. The molecular weight excluding hydrogens is 348 g/mol. The summed E-state index contributed by atoms with van der Waals surface area (Å²) in [7, 11) is 0. The van der Waals surface area contributed by atoms with Gasteiger partial charge in [-0.1, -0.05) is 0 Å². The fourth-order valence-electron chi connectivity index (χ4n) is 2.14. The number of hydrogen-bond acceptors (Lipinski definition) is 4. The second-order valence-corrected chi connectivity index (χ2v) is 6.15. The van der Waals surface area contributed by atoms with Crippen LogP contribution in [0.15, 0.2) is 22.2 Å². The Morgan fingerprint density at radius 2 is 2.14 bits per heavy atom. The summed E-state index contributed by atoms with van der Waals surface area (Å²) >= 11 is 3.45. The number of nitriles is 1. The first-order valence-corrected chi connectivity index (χ1v) is 7.98. The van der Waals surface area contributed by atoms with E-state index < -0.39 is 0 Å². The molecule has 0 spiro atoms. The predicted octanol–water partition coefficient (Wildman–Crippen LogP) is 2.80. The molecule has 1 aromatic rings. The van der Waals surface area contributed by atoms with E-state index in [4.69, 9.17) is 9.47 Å². The fourth-order valence-corrected chi connectivity index (χ4v) is 2.71. The molecule has 0 bridgehead atoms. The Labute approximate surface area is 137 Å². The largest absolute Gasteiger partial charge is 0.489 e. The SMILES string of the molecule is N#CC(=Cc1cc(Br)c2c(c1)OCCCO2)C(=O)NC1CC1. The maximum Gasteiger partial charge on any atom is 0.262 e. The van der Waals surface area contributed by atoms with Gasteiger partial charge >= 0.3 is 0 Å². The van der Waals surface area contributed by atoms with Crippen molar-refractivity contribution in [1.29, 1.82) is 5.26 Å². The van der Waals surface area contributed by atoms with Gasteiger partial charge in [0.05, 0.1) is 17.7 Å². The quantitative estimate of drug-likeness (QED) is 0.662. The number of amides is 1. The predicted molar refractivity (Wildman–Crippen MR) is 84.5 cm³/mol. The lowest BCUT2D eigenvalue weighted by atomic mass is 10.1. The smallest absolute Gasteiger partial charge is 0.262 e. The number of hydrogen-bond donors (Lipinski definition) is 1. The van der Waals surface area contributed by atoms with Crippen molar-refractivity contribution < 1.29 is 14.3 Å². The molecule has 1 amide bonds. The molecule has 0 radical (unpaired) electrons. The van der Waals surface area contributed by atoms with Crippen molar-refractivity contribution in [1.82, 2.24) is 5.32 Å². The average Bonchev–Trinajstić information content (AvgIpc) is 3.31. The number of benzene rings is 1. The van der Waals surface area contributed by atoms with Gasteiger partial charge in [0.25, 0.3) is 5.91 Å². The van der Waals surface area contributed by atoms with Crippen molar-refractivity contribution in [3.05, 3.63) is 27.7 Å². The molecule has 1 aliphatic heterocycles. The van der Waals surface area contributed by atoms with Crippen LogP contribution in [-0.2, 0) is 4.79 Å². The summed E-state index contributed by atoms with van der Waals surface area (Å²) in [5.41, 5.74) is 0.812. The Bertz CT molecular complexity index is 675. The first-order valence-electron chi connectivity index (χ1n) is 7.19. The number of fused-ring (bicyclic) bond motifs is 1. The lowest BCUT2D eigenvalue weighted by Crippen LogP contribution is -2.26. The van der Waals surface area contributed by atoms with Crippen LogP contribution in [0.1, 0.15) is 24.8 Å². The summed E-state index contributed by atoms with van der Waals surface area (Å²) in [6.07, 6.45) is 4.36. The molecule has 1 aliphatic carbocycles. The van der Waals surface area contributed by atoms with Gasteiger partial charge in [0.1, 0.15) is 11.6 Å². The minimum Gasteiger partial charge on any atom is -0.489 e. The molecule has 1 N–H and O–H groups in total. The van der Waals surface area contributed by atoms with E-state index in [1.165, 1.54) is 0 Å². The second kappa shape index (κ2) is 6.41. The summed E-state index contributed by atoms with van der Waals surface area (Å²) < 4.78 is 12.0. The van der Waals surface area contributed by atoms with Gasteiger partial charge < -0.3 is 14.8 Å². The van der Waals surface area contributed by atoms with Gasteiger partial charge in [-0.3, -0.25) is 4.79 Å². The van der Waals surface area contributed by atoms with E-state index in [2.05, 4.69) is 21.2 Å². The molecule has 1 heterocycles. The highest BCUT2D eigenvalue weighted by atomic mass is 79.9. The zero-order chi connectivity index (χ0) is 15.5. The van der Waals surface area contributed by atoms with Gasteiger partial charge in [0.15, 0.2) is 11.5 Å². The lowest BCUT2D eigenvalue weighted by Gasteiger charge is -2.10. The molecule has 3 rings (SSSR count). The molecule has 1 aromatic carbocycles. The van der Waals surface area contributed by atoms with Crippen molar-refractivity contribution in [2.24, 2.45) is 0 Å². The van der Waals surface area contributed by atoms with Crippen LogP contribution in [0.25, 0.3) is 6.08 Å². The molecule has 0 aromatic heterocycles. The van der Waals surface area contributed by atoms with E-state index in [0.717, 1.165) is 29.3 Å². The molecule has 22 heavy (non-hydrogen) atoms. The van der Waals surface area contributed by atoms with Crippen LogP contribution in [0.3, 0.4) is 0 Å². The summed E-state index contributed by atoms with van der Waals surface area (Å²) in [6, 6.07) is 5.78. The summed E-state index contributed by atoms with van der Waals surface area (Å²) in [5, 5.41) is 12.0. The van der Waals surface area contributed by atoms with Crippen LogP contribution in [0.2, 0.25) is 0 Å². The highest BCUT2D eigenvalue weighted by molar-refractivity contribution is 9.10. The number of halogens is 1. The molecule has 5 nitrogen and oxygen atoms in total. The molecule has 1 saturated carbocycles. The first kappa shape index (κ1) is 14.9. The third kappa shape index (κ3) is 3.42. The molecule has 1 fully saturated rings. The van der Waals surface area contributed by atoms with E-state index >= 15 is 0 Å². The minimum absolute atomic E-state index is 0.0910. The second-order valence-electron chi connectivity index (χ2n) is 5.30. The fraction of sp³-hybridized carbons (Fsp3) is 0.375. The van der Waals surface area contributed by atoms with E-state index in [9.17, 15) is 10.1 Å². The third-order valence-electron chi connectivity index (χ3n) is 3.41. The van der Waals surface area contributed by atoms with Crippen molar-refractivity contribution in [3.63, 3.8) is 0 Å². The van der Waals surface area contributed by atoms with Crippen LogP contribution >= 0.6 is 15.9 Å². The van der Waals surface area contributed by atoms with Crippen LogP contribution < -0.4 is 14.8 Å². The number of ether oxygens (including phenoxy) is 2. The summed E-state index contributed by atoms with van der Waals surface area (Å²) in [6.45, 7) is 1.19. The normalized spacial score (nSPS) is 17.4. The van der Waals surface area contributed by atoms with Gasteiger partial charge in [-0.15, -0.1) is 0 Å². The zero-order valence-electron chi connectivity index (χ0n) is 11.9. The van der Waals surface area contributed by atoms with Crippen molar-refractivity contribution >= 4 is 27.9 Å². The van der Waals surface area contributed by atoms with Crippen LogP contribution in [0.4, 0.5) is 0 Å². The van der Waals surface area contributed by atoms with Crippen molar-refractivity contribution in [3.8, 4) is 17.6 Å². The van der Waals surface area contributed by atoms with Crippen LogP contribution in [0.5, 0.6) is 11.5 Å². The van der Waals surface area contributed by atoms with Crippen LogP contribution in [-0.4, -0.2) is 25.2 Å². The van der Waals surface area contributed by atoms with E-state index in [1.807, 2.05) is 12.1 Å². The van der Waals surface area contributed by atoms with Crippen LogP contribution in [0, 0.1) is 11.3 Å². The molecule has 114 valence electrons. The number of carbonyl (C=O) groups excluding carboxylic acids is 1. The third-order valence-corrected chi connectivity index (χ3v) is 4.00. The maximum absolute atomic E-state index is 12.0. The standard InChI is InChI=1S/C16H15BrN2O3/c17-13-7-10(8-14-15(13)22-5-1-4-21-14)6-11(9-18)16(20)19-12-2-3-12/h6-8,12H,1-5H2,(H,19,20). The zero-order valence-corrected chi connectivity index (χ0v) is 13.5. The monoisotopic (exact) mass is 362 g/mol. The molecule has 0 saturated heterocycles. The van der Waals surface area contributed by atoms with E-state index in [1.54, 1.807) is 12.1 Å². The molecule has 2 aliphatic rings. The molecule has 6 heteroatoms. The van der Waals surface area contributed by atoms with Crippen molar-refractivity contribution in [2.75, 3.05) is 13.2 Å². The van der Waals surface area contributed by atoms with E-state index in [-0.39, 0.29) is 17.5 Å². The molecule has 0 atom stereocenters. The number of rotatable bonds is 3. The number of nitrogens with zero attached hydrogens (tertiary/aromatic N) is 1. The van der Waals surface area contributed by atoms with E-state index in [0.29, 0.717) is 24.7 Å². The Hall–Kier alpha value is -2.00. The summed E-state index contributed by atoms with van der Waals surface area (Å²) in [5.74, 6) is 0.960. The minimum atomic E-state index is -0.326. The molecule has 0 unspecified atom stereocenters. The van der Waals surface area contributed by atoms with Gasteiger partial charge in [-0.2, -0.15) is 5.26 Å². The van der Waals surface area contributed by atoms with Gasteiger partial charge in [-0.25, -0.2) is 0 Å². The number of carbonyl (C=O) groups is 1. The first-order chi connectivity index (χ1) is 10.7. The van der Waals surface area contributed by atoms with Gasteiger partial charge in [0.2, 0.25) is 0 Å². The Morgan fingerprint density at radius 3 is 2.86 bits per heavy atom. The van der Waals surface area contributed by atoms with Crippen molar-refractivity contribution in [2.45, 2.75) is 25.3 Å². The maximum atomic E-state index is 12.0. The highest BCUT2D eigenvalue weighted by Gasteiger charge is 2.25. The Morgan fingerprint density at radius 1 is 1.36 bits per heavy atom. The Kier molecular flexibility index (Phi) is 4.34. The lowest BCUT2D eigenvalue weighted by molar-refractivity contribution is -0.117.